The van der Waals surface area contributed by atoms with Crippen molar-refractivity contribution in [1.29, 1.82) is 0 Å². The SMILES string of the molecule is CC(C)(Nc1cc(C(=O)O)ccn1)c1nccs1. The fourth-order valence-corrected chi connectivity index (χ4v) is 2.26. The number of hydrogen-bond acceptors (Lipinski definition) is 5. The van der Waals surface area contributed by atoms with Gasteiger partial charge in [-0.05, 0) is 26.0 Å². The molecule has 0 atom stereocenters. The van der Waals surface area contributed by atoms with Gasteiger partial charge in [-0.25, -0.2) is 14.8 Å². The first kappa shape index (κ1) is 12.5. The van der Waals surface area contributed by atoms with Crippen LogP contribution in [-0.2, 0) is 5.54 Å². The molecule has 94 valence electrons. The van der Waals surface area contributed by atoms with Crippen molar-refractivity contribution in [2.45, 2.75) is 19.4 Å². The van der Waals surface area contributed by atoms with Crippen LogP contribution < -0.4 is 5.32 Å². The van der Waals surface area contributed by atoms with Gasteiger partial charge in [-0.3, -0.25) is 0 Å². The molecule has 2 aromatic rings. The van der Waals surface area contributed by atoms with Gasteiger partial charge >= 0.3 is 5.97 Å². The van der Waals surface area contributed by atoms with Gasteiger partial charge in [0.25, 0.3) is 0 Å². The van der Waals surface area contributed by atoms with Gasteiger partial charge < -0.3 is 10.4 Å². The molecule has 2 aromatic heterocycles. The molecule has 0 unspecified atom stereocenters. The Balaban J connectivity index is 2.24. The lowest BCUT2D eigenvalue weighted by Gasteiger charge is -2.24. The third-order valence-electron chi connectivity index (χ3n) is 2.41. The summed E-state index contributed by atoms with van der Waals surface area (Å²) in [5, 5.41) is 14.9. The van der Waals surface area contributed by atoms with E-state index >= 15 is 0 Å². The zero-order valence-corrected chi connectivity index (χ0v) is 10.9. The van der Waals surface area contributed by atoms with Crippen LogP contribution in [-0.4, -0.2) is 21.0 Å². The van der Waals surface area contributed by atoms with Crippen LogP contribution in [0.1, 0.15) is 29.2 Å². The molecule has 2 N–H and O–H groups in total. The molecular weight excluding hydrogens is 250 g/mol. The van der Waals surface area contributed by atoms with Crippen molar-refractivity contribution in [3.05, 3.63) is 40.5 Å². The molecule has 0 spiro atoms. The van der Waals surface area contributed by atoms with E-state index in [9.17, 15) is 4.79 Å². The monoisotopic (exact) mass is 263 g/mol. The number of carboxylic acid groups (broad SMARTS) is 1. The zero-order valence-electron chi connectivity index (χ0n) is 10.0. The molecular formula is C12H13N3O2S. The quantitative estimate of drug-likeness (QED) is 0.886. The fourth-order valence-electron chi connectivity index (χ4n) is 1.54. The van der Waals surface area contributed by atoms with Crippen LogP contribution in [0.4, 0.5) is 5.82 Å². The number of rotatable bonds is 4. The van der Waals surface area contributed by atoms with Gasteiger partial charge in [-0.15, -0.1) is 11.3 Å². The van der Waals surface area contributed by atoms with Crippen LogP contribution in [0.3, 0.4) is 0 Å². The Morgan fingerprint density at radius 1 is 1.39 bits per heavy atom. The van der Waals surface area contributed by atoms with Crippen molar-refractivity contribution < 1.29 is 9.90 Å². The number of pyridine rings is 1. The van der Waals surface area contributed by atoms with Crippen molar-refractivity contribution in [3.63, 3.8) is 0 Å². The number of thiazole rings is 1. The average Bonchev–Trinajstić information content (AvgIpc) is 2.82. The summed E-state index contributed by atoms with van der Waals surface area (Å²) in [6, 6.07) is 2.97. The summed E-state index contributed by atoms with van der Waals surface area (Å²) < 4.78 is 0. The first-order chi connectivity index (χ1) is 8.49. The zero-order chi connectivity index (χ0) is 13.2. The van der Waals surface area contributed by atoms with Crippen LogP contribution in [0.15, 0.2) is 29.9 Å². The highest BCUT2D eigenvalue weighted by Gasteiger charge is 2.23. The van der Waals surface area contributed by atoms with Crippen LogP contribution >= 0.6 is 11.3 Å². The van der Waals surface area contributed by atoms with E-state index in [4.69, 9.17) is 5.11 Å². The minimum atomic E-state index is -0.965. The number of nitrogens with one attached hydrogen (secondary N) is 1. The molecule has 18 heavy (non-hydrogen) atoms. The first-order valence-electron chi connectivity index (χ1n) is 5.36. The average molecular weight is 263 g/mol. The standard InChI is InChI=1S/C12H13N3O2S/c1-12(2,11-14-5-6-18-11)15-9-7-8(10(16)17)3-4-13-9/h3-7H,1-2H3,(H,13,15)(H,16,17). The fraction of sp³-hybridized carbons (Fsp3) is 0.250. The molecule has 2 rings (SSSR count). The predicted molar refractivity (Wildman–Crippen MR) is 70.0 cm³/mol. The van der Waals surface area contributed by atoms with Crippen LogP contribution in [0.2, 0.25) is 0 Å². The van der Waals surface area contributed by atoms with Crippen LogP contribution in [0.25, 0.3) is 0 Å². The lowest BCUT2D eigenvalue weighted by atomic mass is 10.1. The normalized spacial score (nSPS) is 11.2. The second-order valence-corrected chi connectivity index (χ2v) is 5.22. The van der Waals surface area contributed by atoms with Crippen molar-refractivity contribution >= 4 is 23.1 Å². The molecule has 0 amide bonds. The Kier molecular flexibility index (Phi) is 3.29. The van der Waals surface area contributed by atoms with Gasteiger partial charge in [0.2, 0.25) is 0 Å². The van der Waals surface area contributed by atoms with Gasteiger partial charge in [0.05, 0.1) is 11.1 Å². The molecule has 0 aliphatic heterocycles. The van der Waals surface area contributed by atoms with E-state index in [1.165, 1.54) is 18.3 Å². The maximum atomic E-state index is 10.9. The second kappa shape index (κ2) is 4.73. The lowest BCUT2D eigenvalue weighted by molar-refractivity contribution is 0.0697. The summed E-state index contributed by atoms with van der Waals surface area (Å²) in [5.74, 6) is -0.442. The molecule has 5 nitrogen and oxygen atoms in total. The smallest absolute Gasteiger partial charge is 0.335 e. The molecule has 0 radical (unpaired) electrons. The van der Waals surface area contributed by atoms with Crippen molar-refractivity contribution in [2.75, 3.05) is 5.32 Å². The number of carboxylic acids is 1. The number of hydrogen-bond donors (Lipinski definition) is 2. The Labute approximate surface area is 109 Å². The maximum absolute atomic E-state index is 10.9. The summed E-state index contributed by atoms with van der Waals surface area (Å²) in [6.45, 7) is 3.95. The molecule has 0 fully saturated rings. The first-order valence-corrected chi connectivity index (χ1v) is 6.24. The van der Waals surface area contributed by atoms with E-state index < -0.39 is 11.5 Å². The van der Waals surface area contributed by atoms with Crippen molar-refractivity contribution in [3.8, 4) is 0 Å². The van der Waals surface area contributed by atoms with E-state index in [0.717, 1.165) is 5.01 Å². The number of anilines is 1. The summed E-state index contributed by atoms with van der Waals surface area (Å²) in [6.07, 6.45) is 3.22. The van der Waals surface area contributed by atoms with Crippen molar-refractivity contribution in [2.24, 2.45) is 0 Å². The van der Waals surface area contributed by atoms with E-state index in [-0.39, 0.29) is 5.56 Å². The summed E-state index contributed by atoms with van der Waals surface area (Å²) in [5.41, 5.74) is -0.180. The highest BCUT2D eigenvalue weighted by atomic mass is 32.1. The molecule has 0 saturated carbocycles. The molecule has 0 aromatic carbocycles. The Morgan fingerprint density at radius 2 is 2.17 bits per heavy atom. The van der Waals surface area contributed by atoms with Gasteiger partial charge in [0.15, 0.2) is 0 Å². The van der Waals surface area contributed by atoms with Crippen molar-refractivity contribution in [1.82, 2.24) is 9.97 Å². The van der Waals surface area contributed by atoms with Gasteiger partial charge in [-0.2, -0.15) is 0 Å². The second-order valence-electron chi connectivity index (χ2n) is 4.32. The third kappa shape index (κ3) is 2.65. The van der Waals surface area contributed by atoms with E-state index in [1.54, 1.807) is 17.5 Å². The maximum Gasteiger partial charge on any atom is 0.335 e. The van der Waals surface area contributed by atoms with Gasteiger partial charge in [-0.1, -0.05) is 0 Å². The van der Waals surface area contributed by atoms with Crippen LogP contribution in [0, 0.1) is 0 Å². The summed E-state index contributed by atoms with van der Waals surface area (Å²) >= 11 is 1.54. The molecule has 0 aliphatic carbocycles. The molecule has 6 heteroatoms. The third-order valence-corrected chi connectivity index (χ3v) is 3.51. The molecule has 2 heterocycles. The number of nitrogens with zero attached hydrogens (tertiary/aromatic N) is 2. The summed E-state index contributed by atoms with van der Waals surface area (Å²) in [4.78, 5) is 19.3. The Bertz CT molecular complexity index is 552. The lowest BCUT2D eigenvalue weighted by Crippen LogP contribution is -2.28. The Morgan fingerprint density at radius 3 is 2.78 bits per heavy atom. The topological polar surface area (TPSA) is 75.1 Å². The number of carbonyl (C=O) groups is 1. The molecule has 0 aliphatic rings. The molecule has 0 bridgehead atoms. The minimum absolute atomic E-state index is 0.211. The van der Waals surface area contributed by atoms with E-state index in [1.807, 2.05) is 19.2 Å². The highest BCUT2D eigenvalue weighted by Crippen LogP contribution is 2.26. The predicted octanol–water partition coefficient (Wildman–Crippen LogP) is 2.58. The van der Waals surface area contributed by atoms with E-state index in [0.29, 0.717) is 5.82 Å². The number of aromatic nitrogens is 2. The molecule has 0 saturated heterocycles. The highest BCUT2D eigenvalue weighted by molar-refractivity contribution is 7.09. The largest absolute Gasteiger partial charge is 0.478 e. The van der Waals surface area contributed by atoms with Crippen LogP contribution in [0.5, 0.6) is 0 Å². The minimum Gasteiger partial charge on any atom is -0.478 e. The number of aromatic carboxylic acids is 1. The summed E-state index contributed by atoms with van der Waals surface area (Å²) in [7, 11) is 0. The van der Waals surface area contributed by atoms with Gasteiger partial charge in [0.1, 0.15) is 10.8 Å². The Hall–Kier alpha value is -1.95. The van der Waals surface area contributed by atoms with Gasteiger partial charge in [0, 0.05) is 17.8 Å². The van der Waals surface area contributed by atoms with E-state index in [2.05, 4.69) is 15.3 Å².